The lowest BCUT2D eigenvalue weighted by molar-refractivity contribution is 0.628. The lowest BCUT2D eigenvalue weighted by Crippen LogP contribution is -1.92. The fourth-order valence-electron chi connectivity index (χ4n) is 1.50. The minimum atomic E-state index is -0.333. The van der Waals surface area contributed by atoms with Crippen LogP contribution in [0.2, 0.25) is 0 Å². The molecule has 4 N–H and O–H groups in total. The monoisotopic (exact) mass is 202 g/mol. The van der Waals surface area contributed by atoms with E-state index in [-0.39, 0.29) is 5.82 Å². The summed E-state index contributed by atoms with van der Waals surface area (Å²) >= 11 is 0. The highest BCUT2D eigenvalue weighted by atomic mass is 19.1. The Morgan fingerprint density at radius 1 is 0.933 bits per heavy atom. The van der Waals surface area contributed by atoms with Gasteiger partial charge in [-0.1, -0.05) is 12.1 Å². The van der Waals surface area contributed by atoms with Gasteiger partial charge in [0.15, 0.2) is 0 Å². The molecule has 0 bridgehead atoms. The summed E-state index contributed by atoms with van der Waals surface area (Å²) in [4.78, 5) is 0. The molecule has 0 fully saturated rings. The molecule has 0 aliphatic heterocycles. The van der Waals surface area contributed by atoms with Crippen molar-refractivity contribution in [2.24, 2.45) is 0 Å². The normalized spacial score (nSPS) is 10.2. The van der Waals surface area contributed by atoms with E-state index in [4.69, 9.17) is 11.5 Å². The van der Waals surface area contributed by atoms with Crippen molar-refractivity contribution in [3.8, 4) is 11.1 Å². The van der Waals surface area contributed by atoms with Gasteiger partial charge in [-0.2, -0.15) is 0 Å². The highest BCUT2D eigenvalue weighted by Crippen LogP contribution is 2.27. The van der Waals surface area contributed by atoms with E-state index in [9.17, 15) is 4.39 Å². The SMILES string of the molecule is Nc1cccc(-c2ccc(F)cc2N)c1. The predicted octanol–water partition coefficient (Wildman–Crippen LogP) is 2.66. The molecule has 0 aromatic heterocycles. The van der Waals surface area contributed by atoms with E-state index in [2.05, 4.69) is 0 Å². The Morgan fingerprint density at radius 3 is 2.40 bits per heavy atom. The number of rotatable bonds is 1. The highest BCUT2D eigenvalue weighted by Gasteiger charge is 2.03. The Bertz CT molecular complexity index is 495. The molecule has 0 radical (unpaired) electrons. The Kier molecular flexibility index (Phi) is 2.29. The minimum absolute atomic E-state index is 0.333. The first-order valence-electron chi connectivity index (χ1n) is 4.58. The number of halogens is 1. The average molecular weight is 202 g/mol. The zero-order valence-corrected chi connectivity index (χ0v) is 8.07. The maximum Gasteiger partial charge on any atom is 0.125 e. The van der Waals surface area contributed by atoms with Crippen molar-refractivity contribution in [2.45, 2.75) is 0 Å². The van der Waals surface area contributed by atoms with Crippen LogP contribution in [0.15, 0.2) is 42.5 Å². The van der Waals surface area contributed by atoms with Gasteiger partial charge in [-0.15, -0.1) is 0 Å². The van der Waals surface area contributed by atoms with E-state index in [0.29, 0.717) is 11.4 Å². The maximum atomic E-state index is 12.8. The Labute approximate surface area is 87.3 Å². The molecule has 0 spiro atoms. The van der Waals surface area contributed by atoms with Crippen molar-refractivity contribution in [1.29, 1.82) is 0 Å². The maximum absolute atomic E-state index is 12.8. The molecule has 0 aliphatic carbocycles. The lowest BCUT2D eigenvalue weighted by Gasteiger charge is -2.06. The standard InChI is InChI=1S/C12H11FN2/c13-9-4-5-11(12(15)7-9)8-2-1-3-10(14)6-8/h1-7H,14-15H2. The molecule has 2 nitrogen and oxygen atoms in total. The Morgan fingerprint density at radius 2 is 1.73 bits per heavy atom. The van der Waals surface area contributed by atoms with Crippen molar-refractivity contribution < 1.29 is 4.39 Å². The van der Waals surface area contributed by atoms with Crippen LogP contribution in [0, 0.1) is 5.82 Å². The quantitative estimate of drug-likeness (QED) is 0.698. The van der Waals surface area contributed by atoms with Crippen LogP contribution >= 0.6 is 0 Å². The molecule has 76 valence electrons. The molecule has 0 aliphatic rings. The van der Waals surface area contributed by atoms with E-state index in [0.717, 1.165) is 11.1 Å². The van der Waals surface area contributed by atoms with E-state index in [1.54, 1.807) is 12.1 Å². The van der Waals surface area contributed by atoms with E-state index in [1.807, 2.05) is 18.2 Å². The van der Waals surface area contributed by atoms with E-state index >= 15 is 0 Å². The van der Waals surface area contributed by atoms with Gasteiger partial charge in [0.05, 0.1) is 0 Å². The molecule has 0 saturated heterocycles. The van der Waals surface area contributed by atoms with Gasteiger partial charge in [0.1, 0.15) is 5.82 Å². The van der Waals surface area contributed by atoms with Crippen molar-refractivity contribution >= 4 is 11.4 Å². The first-order chi connectivity index (χ1) is 7.16. The van der Waals surface area contributed by atoms with Crippen LogP contribution in [-0.4, -0.2) is 0 Å². The molecular formula is C12H11FN2. The molecule has 0 heterocycles. The fraction of sp³-hybridized carbons (Fsp3) is 0. The first-order valence-corrected chi connectivity index (χ1v) is 4.58. The van der Waals surface area contributed by atoms with Crippen molar-refractivity contribution in [3.63, 3.8) is 0 Å². The topological polar surface area (TPSA) is 52.0 Å². The smallest absolute Gasteiger partial charge is 0.125 e. The summed E-state index contributed by atoms with van der Waals surface area (Å²) in [5.74, 6) is -0.333. The van der Waals surface area contributed by atoms with Gasteiger partial charge in [0, 0.05) is 16.9 Å². The number of hydrogen-bond acceptors (Lipinski definition) is 2. The van der Waals surface area contributed by atoms with Crippen molar-refractivity contribution in [3.05, 3.63) is 48.3 Å². The first kappa shape index (κ1) is 9.52. The summed E-state index contributed by atoms with van der Waals surface area (Å²) in [5.41, 5.74) is 14.2. The molecule has 3 heteroatoms. The second-order valence-electron chi connectivity index (χ2n) is 3.36. The third kappa shape index (κ3) is 1.91. The highest BCUT2D eigenvalue weighted by molar-refractivity contribution is 5.77. The van der Waals surface area contributed by atoms with Crippen LogP contribution < -0.4 is 11.5 Å². The third-order valence-electron chi connectivity index (χ3n) is 2.21. The van der Waals surface area contributed by atoms with Crippen LogP contribution in [0.5, 0.6) is 0 Å². The van der Waals surface area contributed by atoms with Crippen LogP contribution in [0.1, 0.15) is 0 Å². The van der Waals surface area contributed by atoms with Crippen molar-refractivity contribution in [2.75, 3.05) is 11.5 Å². The van der Waals surface area contributed by atoms with E-state index in [1.165, 1.54) is 12.1 Å². The molecule has 0 saturated carbocycles. The molecular weight excluding hydrogens is 191 g/mol. The zero-order valence-electron chi connectivity index (χ0n) is 8.07. The third-order valence-corrected chi connectivity index (χ3v) is 2.21. The fourth-order valence-corrected chi connectivity index (χ4v) is 1.50. The lowest BCUT2D eigenvalue weighted by atomic mass is 10.0. The molecule has 2 rings (SSSR count). The van der Waals surface area contributed by atoms with Crippen molar-refractivity contribution in [1.82, 2.24) is 0 Å². The summed E-state index contributed by atoms with van der Waals surface area (Å²) in [7, 11) is 0. The summed E-state index contributed by atoms with van der Waals surface area (Å²) in [6, 6.07) is 11.7. The molecule has 0 unspecified atom stereocenters. The Balaban J connectivity index is 2.54. The number of nitrogens with two attached hydrogens (primary N) is 2. The van der Waals surface area contributed by atoms with Gasteiger partial charge < -0.3 is 11.5 Å². The number of nitrogen functional groups attached to an aromatic ring is 2. The second-order valence-corrected chi connectivity index (χ2v) is 3.36. The van der Waals surface area contributed by atoms with Gasteiger partial charge >= 0.3 is 0 Å². The number of hydrogen-bond donors (Lipinski definition) is 2. The molecule has 0 atom stereocenters. The minimum Gasteiger partial charge on any atom is -0.399 e. The average Bonchev–Trinajstić information content (AvgIpc) is 2.17. The van der Waals surface area contributed by atoms with Crippen LogP contribution in [0.25, 0.3) is 11.1 Å². The summed E-state index contributed by atoms with van der Waals surface area (Å²) < 4.78 is 12.8. The summed E-state index contributed by atoms with van der Waals surface area (Å²) in [5, 5.41) is 0. The number of anilines is 2. The predicted molar refractivity (Wildman–Crippen MR) is 60.7 cm³/mol. The molecule has 2 aromatic rings. The summed E-state index contributed by atoms with van der Waals surface area (Å²) in [6.07, 6.45) is 0. The van der Waals surface area contributed by atoms with Gasteiger partial charge in [-0.05, 0) is 35.9 Å². The van der Waals surface area contributed by atoms with Gasteiger partial charge in [-0.3, -0.25) is 0 Å². The Hall–Kier alpha value is -2.03. The summed E-state index contributed by atoms with van der Waals surface area (Å²) in [6.45, 7) is 0. The van der Waals surface area contributed by atoms with Crippen LogP contribution in [0.4, 0.5) is 15.8 Å². The molecule has 0 amide bonds. The van der Waals surface area contributed by atoms with Gasteiger partial charge in [0.2, 0.25) is 0 Å². The molecule has 2 aromatic carbocycles. The zero-order chi connectivity index (χ0) is 10.8. The number of benzene rings is 2. The van der Waals surface area contributed by atoms with Crippen LogP contribution in [0.3, 0.4) is 0 Å². The van der Waals surface area contributed by atoms with Gasteiger partial charge in [-0.25, -0.2) is 4.39 Å². The van der Waals surface area contributed by atoms with E-state index < -0.39 is 0 Å². The van der Waals surface area contributed by atoms with Crippen LogP contribution in [-0.2, 0) is 0 Å². The van der Waals surface area contributed by atoms with Gasteiger partial charge in [0.25, 0.3) is 0 Å². The largest absolute Gasteiger partial charge is 0.399 e. The second kappa shape index (κ2) is 3.61. The molecule has 15 heavy (non-hydrogen) atoms.